The van der Waals surface area contributed by atoms with E-state index >= 15 is 0 Å². The Kier molecular flexibility index (Phi) is 3.31. The lowest BCUT2D eigenvalue weighted by Gasteiger charge is -2.03. The second kappa shape index (κ2) is 5.62. The van der Waals surface area contributed by atoms with Crippen LogP contribution in [0.3, 0.4) is 0 Å². The van der Waals surface area contributed by atoms with E-state index in [2.05, 4.69) is 20.3 Å². The molecule has 118 valence electrons. The summed E-state index contributed by atoms with van der Waals surface area (Å²) in [5.74, 6) is -0.563. The second-order valence-electron chi connectivity index (χ2n) is 5.04. The van der Waals surface area contributed by atoms with Gasteiger partial charge in [0.05, 0.1) is 11.3 Å². The normalized spacial score (nSPS) is 10.9. The minimum Gasteiger partial charge on any atom is -0.451 e. The number of aromatic nitrogens is 2. The van der Waals surface area contributed by atoms with Crippen LogP contribution in [0.5, 0.6) is 0 Å². The number of fused-ring (bicyclic) bond motifs is 1. The molecule has 2 heterocycles. The molecule has 24 heavy (non-hydrogen) atoms. The number of rotatable bonds is 3. The zero-order valence-electron chi connectivity index (χ0n) is 12.2. The molecule has 6 nitrogen and oxygen atoms in total. The van der Waals surface area contributed by atoms with Gasteiger partial charge in [-0.1, -0.05) is 18.2 Å². The number of amides is 1. The van der Waals surface area contributed by atoms with Gasteiger partial charge in [0.1, 0.15) is 17.1 Å². The molecule has 0 aliphatic rings. The highest BCUT2D eigenvalue weighted by atomic mass is 19.1. The van der Waals surface area contributed by atoms with E-state index in [1.165, 1.54) is 12.1 Å². The number of anilines is 1. The molecule has 0 saturated heterocycles. The Morgan fingerprint density at radius 2 is 1.88 bits per heavy atom. The van der Waals surface area contributed by atoms with Gasteiger partial charge in [0, 0.05) is 0 Å². The Morgan fingerprint density at radius 1 is 1.00 bits per heavy atom. The van der Waals surface area contributed by atoms with Crippen LogP contribution in [0, 0.1) is 5.82 Å². The summed E-state index contributed by atoms with van der Waals surface area (Å²) in [4.78, 5) is 12.3. The smallest absolute Gasteiger partial charge is 0.291 e. The molecule has 7 heteroatoms. The van der Waals surface area contributed by atoms with Gasteiger partial charge in [-0.3, -0.25) is 4.79 Å². The Bertz CT molecular complexity index is 1040. The van der Waals surface area contributed by atoms with Gasteiger partial charge in [-0.15, -0.1) is 0 Å². The molecule has 2 aromatic heterocycles. The summed E-state index contributed by atoms with van der Waals surface area (Å²) in [7, 11) is 0. The van der Waals surface area contributed by atoms with Crippen LogP contribution in [0.4, 0.5) is 10.1 Å². The number of halogens is 1. The number of furan rings is 1. The third-order valence-electron chi connectivity index (χ3n) is 3.50. The summed E-state index contributed by atoms with van der Waals surface area (Å²) in [6.45, 7) is 0. The summed E-state index contributed by atoms with van der Waals surface area (Å²) >= 11 is 0. The molecule has 0 radical (unpaired) electrons. The molecule has 0 aliphatic carbocycles. The predicted octanol–water partition coefficient (Wildman–Crippen LogP) is 3.87. The fraction of sp³-hybridized carbons (Fsp3) is 0. The van der Waals surface area contributed by atoms with Crippen molar-refractivity contribution in [3.8, 4) is 11.3 Å². The zero-order valence-corrected chi connectivity index (χ0v) is 12.2. The van der Waals surface area contributed by atoms with Crippen LogP contribution in [0.25, 0.3) is 22.4 Å². The van der Waals surface area contributed by atoms with Crippen LogP contribution < -0.4 is 5.32 Å². The van der Waals surface area contributed by atoms with Crippen LogP contribution >= 0.6 is 0 Å². The molecule has 0 bridgehead atoms. The standard InChI is InChI=1S/C17H10FN3O3/c18-11-5-2-1-4-10(11)14-8-9-15(23-14)17(22)19-12-6-3-7-13-16(12)21-24-20-13/h1-9H,(H,19,22). The maximum Gasteiger partial charge on any atom is 0.291 e. The fourth-order valence-corrected chi connectivity index (χ4v) is 2.36. The van der Waals surface area contributed by atoms with Gasteiger partial charge in [0.15, 0.2) is 11.3 Å². The molecular formula is C17H10FN3O3. The first-order valence-corrected chi connectivity index (χ1v) is 7.10. The first-order valence-electron chi connectivity index (χ1n) is 7.10. The van der Waals surface area contributed by atoms with Crippen LogP contribution in [-0.4, -0.2) is 16.2 Å². The van der Waals surface area contributed by atoms with E-state index in [0.717, 1.165) is 0 Å². The lowest BCUT2D eigenvalue weighted by molar-refractivity contribution is 0.0997. The van der Waals surface area contributed by atoms with Gasteiger partial charge in [-0.05, 0) is 46.7 Å². The van der Waals surface area contributed by atoms with Crippen molar-refractivity contribution in [1.29, 1.82) is 0 Å². The number of hydrogen-bond donors (Lipinski definition) is 1. The van der Waals surface area contributed by atoms with Crippen molar-refractivity contribution < 1.29 is 18.2 Å². The van der Waals surface area contributed by atoms with E-state index in [4.69, 9.17) is 4.42 Å². The topological polar surface area (TPSA) is 81.2 Å². The maximum atomic E-state index is 13.8. The molecule has 1 amide bonds. The van der Waals surface area contributed by atoms with E-state index in [-0.39, 0.29) is 11.5 Å². The highest BCUT2D eigenvalue weighted by Gasteiger charge is 2.16. The van der Waals surface area contributed by atoms with Gasteiger partial charge in [0.25, 0.3) is 5.91 Å². The Morgan fingerprint density at radius 3 is 2.75 bits per heavy atom. The van der Waals surface area contributed by atoms with Crippen molar-refractivity contribution in [2.45, 2.75) is 0 Å². The molecule has 4 rings (SSSR count). The number of carbonyl (C=O) groups excluding carboxylic acids is 1. The van der Waals surface area contributed by atoms with Gasteiger partial charge in [0.2, 0.25) is 0 Å². The molecule has 0 fully saturated rings. The van der Waals surface area contributed by atoms with E-state index in [0.29, 0.717) is 22.3 Å². The van der Waals surface area contributed by atoms with Crippen LogP contribution in [0.15, 0.2) is 63.6 Å². The summed E-state index contributed by atoms with van der Waals surface area (Å²) in [6.07, 6.45) is 0. The Hall–Kier alpha value is -3.48. The number of hydrogen-bond acceptors (Lipinski definition) is 5. The minimum atomic E-state index is -0.479. The molecular weight excluding hydrogens is 313 g/mol. The molecule has 0 aliphatic heterocycles. The monoisotopic (exact) mass is 323 g/mol. The van der Waals surface area contributed by atoms with Gasteiger partial charge in [-0.2, -0.15) is 0 Å². The predicted molar refractivity (Wildman–Crippen MR) is 83.9 cm³/mol. The van der Waals surface area contributed by atoms with Crippen molar-refractivity contribution in [2.24, 2.45) is 0 Å². The molecule has 0 spiro atoms. The lowest BCUT2D eigenvalue weighted by Crippen LogP contribution is -2.11. The first kappa shape index (κ1) is 14.1. The van der Waals surface area contributed by atoms with Gasteiger partial charge < -0.3 is 9.73 Å². The molecule has 2 aromatic carbocycles. The first-order chi connectivity index (χ1) is 11.7. The minimum absolute atomic E-state index is 0.0571. The molecule has 0 atom stereocenters. The van der Waals surface area contributed by atoms with E-state index < -0.39 is 11.7 Å². The van der Waals surface area contributed by atoms with Gasteiger partial charge in [-0.25, -0.2) is 9.02 Å². The summed E-state index contributed by atoms with van der Waals surface area (Å²) in [5.41, 5.74) is 1.70. The van der Waals surface area contributed by atoms with E-state index in [1.807, 2.05) is 0 Å². The van der Waals surface area contributed by atoms with Crippen LogP contribution in [0.2, 0.25) is 0 Å². The van der Waals surface area contributed by atoms with Crippen LogP contribution in [0.1, 0.15) is 10.6 Å². The lowest BCUT2D eigenvalue weighted by atomic mass is 10.1. The van der Waals surface area contributed by atoms with Crippen molar-refractivity contribution >= 4 is 22.6 Å². The molecule has 4 aromatic rings. The molecule has 1 N–H and O–H groups in total. The highest BCUT2D eigenvalue weighted by molar-refractivity contribution is 6.06. The summed E-state index contributed by atoms with van der Waals surface area (Å²) in [6, 6.07) is 14.3. The Labute approximate surface area is 134 Å². The summed E-state index contributed by atoms with van der Waals surface area (Å²) < 4.78 is 23.9. The van der Waals surface area contributed by atoms with Gasteiger partial charge >= 0.3 is 0 Å². The average molecular weight is 323 g/mol. The SMILES string of the molecule is O=C(Nc1cccc2nonc12)c1ccc(-c2ccccc2F)o1. The third-order valence-corrected chi connectivity index (χ3v) is 3.50. The number of nitrogens with one attached hydrogen (secondary N) is 1. The average Bonchev–Trinajstić information content (AvgIpc) is 3.25. The third kappa shape index (κ3) is 2.41. The Balaban J connectivity index is 1.62. The molecule has 0 unspecified atom stereocenters. The quantitative estimate of drug-likeness (QED) is 0.619. The van der Waals surface area contributed by atoms with Crippen LogP contribution in [-0.2, 0) is 0 Å². The van der Waals surface area contributed by atoms with Crippen molar-refractivity contribution in [2.75, 3.05) is 5.32 Å². The number of benzene rings is 2. The number of nitrogens with zero attached hydrogens (tertiary/aromatic N) is 2. The second-order valence-corrected chi connectivity index (χ2v) is 5.04. The maximum absolute atomic E-state index is 13.8. The number of carbonyl (C=O) groups is 1. The zero-order chi connectivity index (χ0) is 16.5. The largest absolute Gasteiger partial charge is 0.451 e. The van der Waals surface area contributed by atoms with E-state index in [1.54, 1.807) is 42.5 Å². The van der Waals surface area contributed by atoms with E-state index in [9.17, 15) is 9.18 Å². The van der Waals surface area contributed by atoms with Crippen molar-refractivity contribution in [3.05, 3.63) is 66.2 Å². The fourth-order valence-electron chi connectivity index (χ4n) is 2.36. The van der Waals surface area contributed by atoms with Crippen molar-refractivity contribution in [3.63, 3.8) is 0 Å². The summed E-state index contributed by atoms with van der Waals surface area (Å²) in [5, 5.41) is 10.1. The van der Waals surface area contributed by atoms with Crippen molar-refractivity contribution in [1.82, 2.24) is 10.3 Å². The molecule has 0 saturated carbocycles. The highest BCUT2D eigenvalue weighted by Crippen LogP contribution is 2.26.